The van der Waals surface area contributed by atoms with E-state index >= 15 is 0 Å². The topological polar surface area (TPSA) is 87.5 Å². The van der Waals surface area contributed by atoms with Crippen LogP contribution in [0.5, 0.6) is 0 Å². The first kappa shape index (κ1) is 15.0. The summed E-state index contributed by atoms with van der Waals surface area (Å²) in [5.74, 6) is 0.132. The van der Waals surface area contributed by atoms with E-state index in [2.05, 4.69) is 17.3 Å². The van der Waals surface area contributed by atoms with Crippen molar-refractivity contribution in [1.29, 1.82) is 0 Å². The molecule has 1 aliphatic heterocycles. The molecule has 7 heteroatoms. The van der Waals surface area contributed by atoms with E-state index in [1.807, 2.05) is 9.58 Å². The number of rotatable bonds is 6. The van der Waals surface area contributed by atoms with Gasteiger partial charge in [0.1, 0.15) is 5.82 Å². The van der Waals surface area contributed by atoms with E-state index in [1.165, 1.54) is 12.8 Å². The molecular formula is C15H22N4O3. The Labute approximate surface area is 129 Å². The molecule has 1 aromatic rings. The number of hydrogen-bond donors (Lipinski definition) is 2. The third-order valence-corrected chi connectivity index (χ3v) is 4.62. The highest BCUT2D eigenvalue weighted by Crippen LogP contribution is 2.40. The van der Waals surface area contributed by atoms with Crippen LogP contribution in [0.15, 0.2) is 12.3 Å². The molecule has 120 valence electrons. The fraction of sp³-hybridized carbons (Fsp3) is 0.667. The lowest BCUT2D eigenvalue weighted by Gasteiger charge is -2.17. The zero-order chi connectivity index (χ0) is 15.7. The third kappa shape index (κ3) is 3.30. The van der Waals surface area contributed by atoms with Gasteiger partial charge in [-0.25, -0.2) is 4.68 Å². The number of hydrogen-bond acceptors (Lipinski definition) is 4. The van der Waals surface area contributed by atoms with E-state index in [0.717, 1.165) is 5.82 Å². The zero-order valence-corrected chi connectivity index (χ0v) is 12.7. The molecule has 3 rings (SSSR count). The molecule has 7 nitrogen and oxygen atoms in total. The van der Waals surface area contributed by atoms with Crippen molar-refractivity contribution >= 4 is 17.7 Å². The predicted molar refractivity (Wildman–Crippen MR) is 80.5 cm³/mol. The monoisotopic (exact) mass is 306 g/mol. The average Bonchev–Trinajstić information content (AvgIpc) is 3.04. The summed E-state index contributed by atoms with van der Waals surface area (Å²) < 4.78 is 1.87. The van der Waals surface area contributed by atoms with Crippen LogP contribution in [0, 0.1) is 11.8 Å². The molecule has 22 heavy (non-hydrogen) atoms. The highest BCUT2D eigenvalue weighted by molar-refractivity contribution is 5.91. The van der Waals surface area contributed by atoms with E-state index < -0.39 is 5.97 Å². The summed E-state index contributed by atoms with van der Waals surface area (Å²) in [5.41, 5.74) is 0. The second-order valence-electron chi connectivity index (χ2n) is 6.35. The molecule has 1 aliphatic carbocycles. The number of nitrogens with zero attached hydrogens (tertiary/aromatic N) is 3. The highest BCUT2D eigenvalue weighted by Gasteiger charge is 2.31. The second-order valence-corrected chi connectivity index (χ2v) is 6.35. The molecule has 0 radical (unpaired) electrons. The molecular weight excluding hydrogens is 284 g/mol. The summed E-state index contributed by atoms with van der Waals surface area (Å²) in [6, 6.07) is 2.11. The summed E-state index contributed by atoms with van der Waals surface area (Å²) >= 11 is 0. The minimum Gasteiger partial charge on any atom is -0.481 e. The van der Waals surface area contributed by atoms with Gasteiger partial charge in [-0.3, -0.25) is 14.5 Å². The third-order valence-electron chi connectivity index (χ3n) is 4.62. The second kappa shape index (κ2) is 6.08. The Balaban J connectivity index is 1.54. The first-order valence-corrected chi connectivity index (χ1v) is 7.83. The van der Waals surface area contributed by atoms with E-state index in [0.29, 0.717) is 31.5 Å². The number of carbonyl (C=O) groups excluding carboxylic acids is 1. The number of anilines is 1. The van der Waals surface area contributed by atoms with Crippen molar-refractivity contribution in [1.82, 2.24) is 14.7 Å². The Bertz CT molecular complexity index is 567. The number of aliphatic carboxylic acids is 1. The van der Waals surface area contributed by atoms with Gasteiger partial charge in [-0.2, -0.15) is 5.10 Å². The molecule has 1 aromatic heterocycles. The summed E-state index contributed by atoms with van der Waals surface area (Å²) in [6.07, 6.45) is 4.75. The lowest BCUT2D eigenvalue weighted by atomic mass is 10.1. The number of nitrogens with one attached hydrogen (secondary N) is 1. The standard InChI is InChI=1S/C15H22N4O3/c1-10(11-2-3-11)19-13(4-6-16-19)17-14(20)9-18-7-5-12(8-18)15(21)22/h4,6,10-12H,2-3,5,7-9H2,1H3,(H,17,20)(H,21,22). The van der Waals surface area contributed by atoms with Crippen LogP contribution in [-0.2, 0) is 9.59 Å². The Morgan fingerprint density at radius 1 is 1.45 bits per heavy atom. The maximum absolute atomic E-state index is 12.2. The first-order chi connectivity index (χ1) is 10.5. The zero-order valence-electron chi connectivity index (χ0n) is 12.7. The summed E-state index contributed by atoms with van der Waals surface area (Å²) in [5, 5.41) is 16.2. The van der Waals surface area contributed by atoms with Crippen molar-refractivity contribution in [3.8, 4) is 0 Å². The van der Waals surface area contributed by atoms with Crippen LogP contribution >= 0.6 is 0 Å². The van der Waals surface area contributed by atoms with Crippen LogP contribution in [0.1, 0.15) is 32.2 Å². The number of likely N-dealkylation sites (tertiary alicyclic amines) is 1. The van der Waals surface area contributed by atoms with Crippen LogP contribution in [0.3, 0.4) is 0 Å². The highest BCUT2D eigenvalue weighted by atomic mass is 16.4. The molecule has 0 spiro atoms. The molecule has 0 bridgehead atoms. The van der Waals surface area contributed by atoms with Gasteiger partial charge < -0.3 is 10.4 Å². The molecule has 2 fully saturated rings. The van der Waals surface area contributed by atoms with Crippen molar-refractivity contribution in [2.75, 3.05) is 25.0 Å². The number of carboxylic acids is 1. The summed E-state index contributed by atoms with van der Waals surface area (Å²) in [4.78, 5) is 25.0. The van der Waals surface area contributed by atoms with Crippen molar-refractivity contribution in [2.24, 2.45) is 11.8 Å². The predicted octanol–water partition coefficient (Wildman–Crippen LogP) is 1.20. The van der Waals surface area contributed by atoms with Crippen molar-refractivity contribution < 1.29 is 14.7 Å². The molecule has 2 atom stereocenters. The van der Waals surface area contributed by atoms with Crippen molar-refractivity contribution in [3.05, 3.63) is 12.3 Å². The van der Waals surface area contributed by atoms with Gasteiger partial charge in [-0.05, 0) is 38.6 Å². The maximum Gasteiger partial charge on any atom is 0.307 e. The summed E-state index contributed by atoms with van der Waals surface area (Å²) in [7, 11) is 0. The first-order valence-electron chi connectivity index (χ1n) is 7.83. The Hall–Kier alpha value is -1.89. The van der Waals surface area contributed by atoms with Gasteiger partial charge in [-0.15, -0.1) is 0 Å². The van der Waals surface area contributed by atoms with Crippen LogP contribution < -0.4 is 5.32 Å². The van der Waals surface area contributed by atoms with Gasteiger partial charge in [0.2, 0.25) is 5.91 Å². The van der Waals surface area contributed by atoms with Gasteiger partial charge in [0.15, 0.2) is 0 Å². The smallest absolute Gasteiger partial charge is 0.307 e. The van der Waals surface area contributed by atoms with Crippen LogP contribution in [-0.4, -0.2) is 51.3 Å². The normalized spacial score (nSPS) is 23.4. The minimum absolute atomic E-state index is 0.115. The molecule has 0 aromatic carbocycles. The van der Waals surface area contributed by atoms with Crippen LogP contribution in [0.2, 0.25) is 0 Å². The number of carbonyl (C=O) groups is 2. The number of carboxylic acid groups (broad SMARTS) is 1. The molecule has 2 aliphatic rings. The van der Waals surface area contributed by atoms with E-state index in [1.54, 1.807) is 12.3 Å². The molecule has 1 amide bonds. The van der Waals surface area contributed by atoms with Gasteiger partial charge in [0, 0.05) is 12.6 Å². The van der Waals surface area contributed by atoms with Crippen molar-refractivity contribution in [3.63, 3.8) is 0 Å². The van der Waals surface area contributed by atoms with Gasteiger partial charge in [0.25, 0.3) is 0 Å². The molecule has 1 saturated carbocycles. The fourth-order valence-electron chi connectivity index (χ4n) is 3.08. The number of amides is 1. The van der Waals surface area contributed by atoms with Gasteiger partial charge in [-0.1, -0.05) is 0 Å². The number of aromatic nitrogens is 2. The largest absolute Gasteiger partial charge is 0.481 e. The fourth-order valence-corrected chi connectivity index (χ4v) is 3.08. The summed E-state index contributed by atoms with van der Waals surface area (Å²) in [6.45, 7) is 3.45. The minimum atomic E-state index is -0.778. The molecule has 2 unspecified atom stereocenters. The van der Waals surface area contributed by atoms with E-state index in [-0.39, 0.29) is 18.4 Å². The molecule has 2 N–H and O–H groups in total. The maximum atomic E-state index is 12.2. The average molecular weight is 306 g/mol. The van der Waals surface area contributed by atoms with Gasteiger partial charge >= 0.3 is 5.97 Å². The van der Waals surface area contributed by atoms with E-state index in [9.17, 15) is 9.59 Å². The van der Waals surface area contributed by atoms with Gasteiger partial charge in [0.05, 0.1) is 24.7 Å². The molecule has 1 saturated heterocycles. The van der Waals surface area contributed by atoms with E-state index in [4.69, 9.17) is 5.11 Å². The quantitative estimate of drug-likeness (QED) is 0.824. The van der Waals surface area contributed by atoms with Crippen LogP contribution in [0.4, 0.5) is 5.82 Å². The molecule has 2 heterocycles. The lowest BCUT2D eigenvalue weighted by Crippen LogP contribution is -2.33. The Morgan fingerprint density at radius 3 is 2.86 bits per heavy atom. The SMILES string of the molecule is CC(C1CC1)n1nccc1NC(=O)CN1CCC(C(=O)O)C1. The van der Waals surface area contributed by atoms with Crippen molar-refractivity contribution in [2.45, 2.75) is 32.2 Å². The van der Waals surface area contributed by atoms with Crippen LogP contribution in [0.25, 0.3) is 0 Å². The lowest BCUT2D eigenvalue weighted by molar-refractivity contribution is -0.141. The Kier molecular flexibility index (Phi) is 4.15. The Morgan fingerprint density at radius 2 is 2.23 bits per heavy atom.